The first-order chi connectivity index (χ1) is 9.86. The molecule has 1 heterocycles. The molecule has 2 N–H and O–H groups in total. The van der Waals surface area contributed by atoms with Crippen molar-refractivity contribution in [2.24, 2.45) is 5.73 Å². The van der Waals surface area contributed by atoms with Crippen LogP contribution in [0.4, 0.5) is 0 Å². The number of carbonyl (C=O) groups is 1. The van der Waals surface area contributed by atoms with Crippen LogP contribution in [0.5, 0.6) is 0 Å². The van der Waals surface area contributed by atoms with E-state index in [1.54, 1.807) is 0 Å². The number of hydrogen-bond acceptors (Lipinski definition) is 5. The first kappa shape index (κ1) is 19.2. The molecule has 0 spiro atoms. The van der Waals surface area contributed by atoms with E-state index in [2.05, 4.69) is 4.74 Å². The summed E-state index contributed by atoms with van der Waals surface area (Å²) in [5.41, 5.74) is 6.02. The number of nitrogens with two attached hydrogens (primary N) is 1. The topological polar surface area (TPSA) is 89.7 Å². The molecule has 1 aromatic carbocycles. The number of methoxy groups -OCH3 is 1. The molecule has 2 rings (SSSR count). The Hall–Kier alpha value is -0.860. The lowest BCUT2D eigenvalue weighted by Gasteiger charge is -2.30. The van der Waals surface area contributed by atoms with E-state index in [-0.39, 0.29) is 40.5 Å². The SMILES string of the molecule is COC(=O)c1ccc(S(=O)(=O)N2CCCC(N)C2)c(Cl)c1.Cl. The quantitative estimate of drug-likeness (QED) is 0.819. The molecule has 0 radical (unpaired) electrons. The molecule has 1 aliphatic heterocycles. The fourth-order valence-electron chi connectivity index (χ4n) is 2.29. The van der Waals surface area contributed by atoms with Gasteiger partial charge >= 0.3 is 5.97 Å². The van der Waals surface area contributed by atoms with Gasteiger partial charge in [-0.3, -0.25) is 0 Å². The molecule has 1 atom stereocenters. The second kappa shape index (κ2) is 7.61. The first-order valence-electron chi connectivity index (χ1n) is 6.50. The fraction of sp³-hybridized carbons (Fsp3) is 0.462. The number of sulfonamides is 1. The van der Waals surface area contributed by atoms with E-state index in [0.29, 0.717) is 6.54 Å². The van der Waals surface area contributed by atoms with Gasteiger partial charge in [-0.2, -0.15) is 4.31 Å². The number of ether oxygens (including phenoxy) is 1. The van der Waals surface area contributed by atoms with E-state index in [0.717, 1.165) is 12.8 Å². The number of rotatable bonds is 3. The molecule has 1 saturated heterocycles. The zero-order valence-corrected chi connectivity index (χ0v) is 14.4. The van der Waals surface area contributed by atoms with Crippen molar-refractivity contribution in [1.82, 2.24) is 4.31 Å². The summed E-state index contributed by atoms with van der Waals surface area (Å²) in [5.74, 6) is -0.569. The van der Waals surface area contributed by atoms with Gasteiger partial charge < -0.3 is 10.5 Å². The second-order valence-corrected chi connectivity index (χ2v) is 7.22. The molecular weight excluding hydrogens is 351 g/mol. The number of esters is 1. The predicted molar refractivity (Wildman–Crippen MR) is 86.0 cm³/mol. The summed E-state index contributed by atoms with van der Waals surface area (Å²) in [5, 5.41) is -0.00274. The van der Waals surface area contributed by atoms with Crippen LogP contribution < -0.4 is 5.73 Å². The van der Waals surface area contributed by atoms with Crippen molar-refractivity contribution in [2.75, 3.05) is 20.2 Å². The third kappa shape index (κ3) is 3.91. The Morgan fingerprint density at radius 1 is 1.45 bits per heavy atom. The smallest absolute Gasteiger partial charge is 0.337 e. The summed E-state index contributed by atoms with van der Waals surface area (Å²) in [6, 6.07) is 3.84. The highest BCUT2D eigenvalue weighted by Gasteiger charge is 2.30. The van der Waals surface area contributed by atoms with Crippen molar-refractivity contribution < 1.29 is 17.9 Å². The minimum atomic E-state index is -3.71. The normalized spacial score (nSPS) is 19.3. The van der Waals surface area contributed by atoms with Gasteiger partial charge in [0.1, 0.15) is 4.90 Å². The van der Waals surface area contributed by atoms with E-state index in [1.165, 1.54) is 29.6 Å². The maximum Gasteiger partial charge on any atom is 0.337 e. The lowest BCUT2D eigenvalue weighted by Crippen LogP contribution is -2.45. The molecule has 22 heavy (non-hydrogen) atoms. The monoisotopic (exact) mass is 368 g/mol. The standard InChI is InChI=1S/C13H17ClN2O4S.ClH/c1-20-13(17)9-4-5-12(11(14)7-9)21(18,19)16-6-2-3-10(15)8-16;/h4-5,7,10H,2-3,6,8,15H2,1H3;1H. The highest BCUT2D eigenvalue weighted by atomic mass is 35.5. The maximum atomic E-state index is 12.6. The Kier molecular flexibility index (Phi) is 6.64. The molecule has 1 aliphatic rings. The molecule has 6 nitrogen and oxygen atoms in total. The van der Waals surface area contributed by atoms with Crippen LogP contribution in [0.2, 0.25) is 5.02 Å². The highest BCUT2D eigenvalue weighted by Crippen LogP contribution is 2.27. The molecule has 0 saturated carbocycles. The number of carbonyl (C=O) groups excluding carboxylic acids is 1. The van der Waals surface area contributed by atoms with E-state index < -0.39 is 16.0 Å². The number of nitrogens with zero attached hydrogens (tertiary/aromatic N) is 1. The van der Waals surface area contributed by atoms with E-state index >= 15 is 0 Å². The van der Waals surface area contributed by atoms with Gasteiger partial charge in [0.2, 0.25) is 10.0 Å². The van der Waals surface area contributed by atoms with Crippen LogP contribution in [-0.2, 0) is 14.8 Å². The van der Waals surface area contributed by atoms with Crippen molar-refractivity contribution in [2.45, 2.75) is 23.8 Å². The van der Waals surface area contributed by atoms with Crippen molar-refractivity contribution in [3.8, 4) is 0 Å². The van der Waals surface area contributed by atoms with E-state index in [1.807, 2.05) is 0 Å². The Morgan fingerprint density at radius 3 is 2.68 bits per heavy atom. The van der Waals surface area contributed by atoms with Gasteiger partial charge in [0.25, 0.3) is 0 Å². The van der Waals surface area contributed by atoms with Gasteiger partial charge in [0.15, 0.2) is 0 Å². The molecular formula is C13H18Cl2N2O4S. The molecule has 0 amide bonds. The molecule has 0 bridgehead atoms. The third-order valence-corrected chi connectivity index (χ3v) is 5.74. The van der Waals surface area contributed by atoms with Gasteiger partial charge in [0, 0.05) is 19.1 Å². The van der Waals surface area contributed by atoms with Crippen LogP contribution in [0.15, 0.2) is 23.1 Å². The number of hydrogen-bond donors (Lipinski definition) is 1. The van der Waals surface area contributed by atoms with E-state index in [4.69, 9.17) is 17.3 Å². The molecule has 1 aromatic rings. The molecule has 0 aliphatic carbocycles. The summed E-state index contributed by atoms with van der Waals surface area (Å²) in [6.07, 6.45) is 1.53. The number of halogens is 2. The Bertz CT molecular complexity index is 651. The van der Waals surface area contributed by atoms with Crippen LogP contribution in [0, 0.1) is 0 Å². The van der Waals surface area contributed by atoms with Crippen LogP contribution in [0.1, 0.15) is 23.2 Å². The van der Waals surface area contributed by atoms with Crippen molar-refractivity contribution in [1.29, 1.82) is 0 Å². The first-order valence-corrected chi connectivity index (χ1v) is 8.31. The van der Waals surface area contributed by atoms with Crippen LogP contribution >= 0.6 is 24.0 Å². The molecule has 1 fully saturated rings. The molecule has 9 heteroatoms. The maximum absolute atomic E-state index is 12.6. The Labute approximate surface area is 141 Å². The average molecular weight is 369 g/mol. The predicted octanol–water partition coefficient (Wildman–Crippen LogP) is 1.66. The average Bonchev–Trinajstić information content (AvgIpc) is 2.46. The van der Waals surface area contributed by atoms with Gasteiger partial charge in [-0.1, -0.05) is 11.6 Å². The zero-order valence-electron chi connectivity index (χ0n) is 12.0. The number of benzene rings is 1. The largest absolute Gasteiger partial charge is 0.465 e. The zero-order chi connectivity index (χ0) is 15.6. The highest BCUT2D eigenvalue weighted by molar-refractivity contribution is 7.89. The van der Waals surface area contributed by atoms with Crippen LogP contribution in [0.3, 0.4) is 0 Å². The van der Waals surface area contributed by atoms with Crippen molar-refractivity contribution in [3.63, 3.8) is 0 Å². The molecule has 1 unspecified atom stereocenters. The van der Waals surface area contributed by atoms with Crippen molar-refractivity contribution >= 4 is 40.0 Å². The van der Waals surface area contributed by atoms with Crippen LogP contribution in [-0.4, -0.2) is 44.9 Å². The van der Waals surface area contributed by atoms with Gasteiger partial charge in [-0.05, 0) is 31.0 Å². The van der Waals surface area contributed by atoms with Gasteiger partial charge in [-0.25, -0.2) is 13.2 Å². The van der Waals surface area contributed by atoms with Gasteiger partial charge in [-0.15, -0.1) is 12.4 Å². The second-order valence-electron chi connectivity index (χ2n) is 4.90. The minimum Gasteiger partial charge on any atom is -0.465 e. The van der Waals surface area contributed by atoms with Crippen molar-refractivity contribution in [3.05, 3.63) is 28.8 Å². The van der Waals surface area contributed by atoms with Gasteiger partial charge in [0.05, 0.1) is 17.7 Å². The summed E-state index contributed by atoms with van der Waals surface area (Å²) in [6.45, 7) is 0.697. The summed E-state index contributed by atoms with van der Waals surface area (Å²) >= 11 is 6.03. The summed E-state index contributed by atoms with van der Waals surface area (Å²) in [4.78, 5) is 11.4. The summed E-state index contributed by atoms with van der Waals surface area (Å²) in [7, 11) is -2.46. The fourth-order valence-corrected chi connectivity index (χ4v) is 4.34. The summed E-state index contributed by atoms with van der Waals surface area (Å²) < 4.78 is 31.1. The number of piperidine rings is 1. The van der Waals surface area contributed by atoms with Crippen LogP contribution in [0.25, 0.3) is 0 Å². The Balaban J connectivity index is 0.00000242. The molecule has 124 valence electrons. The van der Waals surface area contributed by atoms with E-state index in [9.17, 15) is 13.2 Å². The Morgan fingerprint density at radius 2 is 2.14 bits per heavy atom. The minimum absolute atomic E-state index is 0. The lowest BCUT2D eigenvalue weighted by atomic mass is 10.1. The lowest BCUT2D eigenvalue weighted by molar-refractivity contribution is 0.0600. The third-order valence-electron chi connectivity index (χ3n) is 3.39. The molecule has 0 aromatic heterocycles.